The second-order valence-corrected chi connectivity index (χ2v) is 5.50. The summed E-state index contributed by atoms with van der Waals surface area (Å²) < 4.78 is 21.1. The number of nitrogens with one attached hydrogen (secondary N) is 2. The van der Waals surface area contributed by atoms with Crippen LogP contribution in [-0.2, 0) is 6.54 Å². The molecule has 0 fully saturated rings. The molecule has 0 radical (unpaired) electrons. The Hall–Kier alpha value is -3.00. The van der Waals surface area contributed by atoms with Crippen LogP contribution in [0.25, 0.3) is 5.69 Å². The fourth-order valence-electron chi connectivity index (χ4n) is 2.41. The quantitative estimate of drug-likeness (QED) is 0.688. The normalized spacial score (nSPS) is 10.5. The number of aromatic amines is 1. The topological polar surface area (TPSA) is 71.9 Å². The molecule has 0 spiro atoms. The Morgan fingerprint density at radius 1 is 1.28 bits per heavy atom. The van der Waals surface area contributed by atoms with Crippen LogP contribution >= 0.6 is 12.2 Å². The lowest BCUT2D eigenvalue weighted by Gasteiger charge is -2.11. The lowest BCUT2D eigenvalue weighted by molar-refractivity contribution is 0.0945. The van der Waals surface area contributed by atoms with Crippen LogP contribution in [0.5, 0.6) is 5.75 Å². The van der Waals surface area contributed by atoms with Crippen LogP contribution in [0.1, 0.15) is 16.2 Å². The second-order valence-electron chi connectivity index (χ2n) is 5.11. The molecule has 3 aromatic rings. The number of amides is 1. The Labute approximate surface area is 148 Å². The molecule has 0 saturated heterocycles. The minimum atomic E-state index is -0.580. The maximum Gasteiger partial charge on any atom is 0.254 e. The van der Waals surface area contributed by atoms with Crippen molar-refractivity contribution in [1.82, 2.24) is 20.1 Å². The molecule has 3 rings (SSSR count). The van der Waals surface area contributed by atoms with E-state index in [1.165, 1.54) is 18.2 Å². The average molecular weight is 358 g/mol. The van der Waals surface area contributed by atoms with Crippen LogP contribution in [0.4, 0.5) is 4.39 Å². The van der Waals surface area contributed by atoms with E-state index in [4.69, 9.17) is 17.0 Å². The summed E-state index contributed by atoms with van der Waals surface area (Å²) in [7, 11) is 1.56. The Balaban J connectivity index is 1.87. The van der Waals surface area contributed by atoms with Gasteiger partial charge in [-0.3, -0.25) is 14.5 Å². The molecule has 0 aliphatic carbocycles. The van der Waals surface area contributed by atoms with Gasteiger partial charge in [0.1, 0.15) is 11.6 Å². The van der Waals surface area contributed by atoms with Crippen LogP contribution < -0.4 is 10.1 Å². The number of ether oxygens (including phenoxy) is 1. The number of carbonyl (C=O) groups excluding carboxylic acids is 1. The summed E-state index contributed by atoms with van der Waals surface area (Å²) in [6, 6.07) is 13.1. The van der Waals surface area contributed by atoms with Crippen LogP contribution in [-0.4, -0.2) is 27.8 Å². The SMILES string of the molecule is COc1ccccc1-n1c(CNC(=O)c2ccccc2F)n[nH]c1=S. The summed E-state index contributed by atoms with van der Waals surface area (Å²) in [5.41, 5.74) is 0.666. The van der Waals surface area contributed by atoms with E-state index in [0.29, 0.717) is 22.0 Å². The Morgan fingerprint density at radius 3 is 2.76 bits per heavy atom. The highest BCUT2D eigenvalue weighted by Gasteiger charge is 2.15. The lowest BCUT2D eigenvalue weighted by atomic mass is 10.2. The summed E-state index contributed by atoms with van der Waals surface area (Å²) in [5.74, 6) is -0.0249. The maximum absolute atomic E-state index is 13.7. The number of benzene rings is 2. The van der Waals surface area contributed by atoms with Gasteiger partial charge < -0.3 is 10.1 Å². The number of halogens is 1. The van der Waals surface area contributed by atoms with Crippen molar-refractivity contribution >= 4 is 18.1 Å². The summed E-state index contributed by atoms with van der Waals surface area (Å²) >= 11 is 5.27. The number of aromatic nitrogens is 3. The molecule has 0 saturated carbocycles. The van der Waals surface area contributed by atoms with Gasteiger partial charge in [-0.2, -0.15) is 5.10 Å². The first-order valence-corrected chi connectivity index (χ1v) is 7.85. The van der Waals surface area contributed by atoms with Crippen molar-refractivity contribution in [2.45, 2.75) is 6.54 Å². The van der Waals surface area contributed by atoms with Crippen LogP contribution in [0, 0.1) is 10.6 Å². The number of hydrogen-bond donors (Lipinski definition) is 2. The number of H-pyrrole nitrogens is 1. The van der Waals surface area contributed by atoms with Crippen molar-refractivity contribution in [3.05, 3.63) is 70.5 Å². The molecule has 0 bridgehead atoms. The molecule has 0 atom stereocenters. The molecule has 2 aromatic carbocycles. The van der Waals surface area contributed by atoms with E-state index in [-0.39, 0.29) is 12.1 Å². The fraction of sp³-hybridized carbons (Fsp3) is 0.118. The van der Waals surface area contributed by atoms with Gasteiger partial charge in [0.15, 0.2) is 10.6 Å². The van der Waals surface area contributed by atoms with Gasteiger partial charge in [-0.1, -0.05) is 24.3 Å². The van der Waals surface area contributed by atoms with Gasteiger partial charge in [-0.05, 0) is 36.5 Å². The zero-order valence-corrected chi connectivity index (χ0v) is 14.1. The predicted molar refractivity (Wildman–Crippen MR) is 92.9 cm³/mol. The highest BCUT2D eigenvalue weighted by atomic mass is 32.1. The minimum Gasteiger partial charge on any atom is -0.495 e. The molecule has 1 aromatic heterocycles. The number of rotatable bonds is 5. The van der Waals surface area contributed by atoms with Crippen LogP contribution in [0.15, 0.2) is 48.5 Å². The van der Waals surface area contributed by atoms with E-state index in [2.05, 4.69) is 15.5 Å². The molecule has 128 valence electrons. The van der Waals surface area contributed by atoms with E-state index in [1.807, 2.05) is 18.2 Å². The van der Waals surface area contributed by atoms with E-state index in [9.17, 15) is 9.18 Å². The number of para-hydroxylation sites is 2. The monoisotopic (exact) mass is 358 g/mol. The standard InChI is InChI=1S/C17H15FN4O2S/c1-24-14-9-5-4-8-13(14)22-15(20-21-17(22)25)10-19-16(23)11-6-2-3-7-12(11)18/h2-9H,10H2,1H3,(H,19,23)(H,21,25). The molecule has 6 nitrogen and oxygen atoms in total. The second kappa shape index (κ2) is 7.27. The summed E-state index contributed by atoms with van der Waals surface area (Å²) in [4.78, 5) is 12.2. The molecular formula is C17H15FN4O2S. The van der Waals surface area contributed by atoms with Crippen LogP contribution in [0.2, 0.25) is 0 Å². The highest BCUT2D eigenvalue weighted by molar-refractivity contribution is 7.71. The average Bonchev–Trinajstić information content (AvgIpc) is 3.00. The summed E-state index contributed by atoms with van der Waals surface area (Å²) in [6.45, 7) is 0.0678. The third-order valence-corrected chi connectivity index (χ3v) is 3.87. The first-order valence-electron chi connectivity index (χ1n) is 7.44. The highest BCUT2D eigenvalue weighted by Crippen LogP contribution is 2.23. The fourth-order valence-corrected chi connectivity index (χ4v) is 2.66. The van der Waals surface area contributed by atoms with Crippen molar-refractivity contribution < 1.29 is 13.9 Å². The van der Waals surface area contributed by atoms with Crippen molar-refractivity contribution in [3.8, 4) is 11.4 Å². The predicted octanol–water partition coefficient (Wildman–Crippen LogP) is 3.01. The number of hydrogen-bond acceptors (Lipinski definition) is 4. The number of methoxy groups -OCH3 is 1. The third-order valence-electron chi connectivity index (χ3n) is 3.59. The molecule has 0 aliphatic heterocycles. The summed E-state index contributed by atoms with van der Waals surface area (Å²) in [6.07, 6.45) is 0. The molecule has 8 heteroatoms. The Bertz CT molecular complexity index is 967. The molecule has 25 heavy (non-hydrogen) atoms. The lowest BCUT2D eigenvalue weighted by Crippen LogP contribution is -2.25. The molecule has 0 aliphatic rings. The maximum atomic E-state index is 13.7. The molecule has 2 N–H and O–H groups in total. The number of nitrogens with zero attached hydrogens (tertiary/aromatic N) is 2. The molecule has 1 amide bonds. The largest absolute Gasteiger partial charge is 0.495 e. The first-order chi connectivity index (χ1) is 12.1. The number of carbonyl (C=O) groups is 1. The van der Waals surface area contributed by atoms with E-state index in [0.717, 1.165) is 0 Å². The van der Waals surface area contributed by atoms with Gasteiger partial charge in [0.2, 0.25) is 0 Å². The molecule has 1 heterocycles. The molecule has 0 unspecified atom stereocenters. The molecular weight excluding hydrogens is 343 g/mol. The van der Waals surface area contributed by atoms with Crippen molar-refractivity contribution in [3.63, 3.8) is 0 Å². The smallest absolute Gasteiger partial charge is 0.254 e. The minimum absolute atomic E-state index is 0.0273. The Kier molecular flexibility index (Phi) is 4.90. The van der Waals surface area contributed by atoms with Gasteiger partial charge in [-0.25, -0.2) is 4.39 Å². The van der Waals surface area contributed by atoms with Gasteiger partial charge >= 0.3 is 0 Å². The van der Waals surface area contributed by atoms with E-state index < -0.39 is 11.7 Å². The van der Waals surface area contributed by atoms with E-state index >= 15 is 0 Å². The van der Waals surface area contributed by atoms with Gasteiger partial charge in [0, 0.05) is 0 Å². The van der Waals surface area contributed by atoms with Crippen molar-refractivity contribution in [1.29, 1.82) is 0 Å². The van der Waals surface area contributed by atoms with Gasteiger partial charge in [0.05, 0.1) is 24.9 Å². The van der Waals surface area contributed by atoms with Crippen molar-refractivity contribution in [2.24, 2.45) is 0 Å². The zero-order valence-electron chi connectivity index (χ0n) is 13.3. The van der Waals surface area contributed by atoms with Crippen LogP contribution in [0.3, 0.4) is 0 Å². The van der Waals surface area contributed by atoms with Gasteiger partial charge in [-0.15, -0.1) is 0 Å². The van der Waals surface area contributed by atoms with Crippen molar-refractivity contribution in [2.75, 3.05) is 7.11 Å². The third kappa shape index (κ3) is 3.43. The van der Waals surface area contributed by atoms with E-state index in [1.54, 1.807) is 23.8 Å². The Morgan fingerprint density at radius 2 is 2.00 bits per heavy atom. The first kappa shape index (κ1) is 16.8. The summed E-state index contributed by atoms with van der Waals surface area (Å²) in [5, 5.41) is 9.48. The van der Waals surface area contributed by atoms with Gasteiger partial charge in [0.25, 0.3) is 5.91 Å². The zero-order chi connectivity index (χ0) is 17.8.